The molecule has 2 aliphatic rings. The molecule has 1 aromatic carbocycles. The maximum Gasteiger partial charge on any atom is 0.0950 e. The van der Waals surface area contributed by atoms with Crippen molar-refractivity contribution in [3.05, 3.63) is 54.1 Å². The Morgan fingerprint density at radius 1 is 1.15 bits per heavy atom. The van der Waals surface area contributed by atoms with Gasteiger partial charge in [-0.2, -0.15) is 0 Å². The lowest BCUT2D eigenvalue weighted by atomic mass is 9.92. The zero-order chi connectivity index (χ0) is 13.4. The Morgan fingerprint density at radius 3 is 2.80 bits per heavy atom. The Hall–Kier alpha value is -1.61. The van der Waals surface area contributed by atoms with Gasteiger partial charge in [-0.25, -0.2) is 4.98 Å². The van der Waals surface area contributed by atoms with E-state index < -0.39 is 0 Å². The summed E-state index contributed by atoms with van der Waals surface area (Å²) >= 11 is 0. The van der Waals surface area contributed by atoms with Crippen molar-refractivity contribution in [1.29, 1.82) is 0 Å². The van der Waals surface area contributed by atoms with E-state index in [4.69, 9.17) is 0 Å². The summed E-state index contributed by atoms with van der Waals surface area (Å²) in [6, 6.07) is 12.1. The fraction of sp³-hybridized carbons (Fsp3) is 0.471. The number of nitrogens with one attached hydrogen (secondary N) is 1. The van der Waals surface area contributed by atoms with Crippen LogP contribution in [-0.2, 0) is 6.42 Å². The molecule has 1 saturated carbocycles. The molecule has 1 aliphatic carbocycles. The minimum atomic E-state index is 0.548. The van der Waals surface area contributed by atoms with E-state index in [0.717, 1.165) is 19.0 Å². The molecule has 0 bridgehead atoms. The Balaban J connectivity index is 1.56. The predicted octanol–water partition coefficient (Wildman–Crippen LogP) is 2.91. The molecule has 3 heteroatoms. The molecule has 104 valence electrons. The third-order valence-corrected chi connectivity index (χ3v) is 4.66. The molecule has 0 amide bonds. The molecule has 1 aromatic heterocycles. The fourth-order valence-electron chi connectivity index (χ4n) is 3.46. The Kier molecular flexibility index (Phi) is 3.07. The molecule has 1 aliphatic heterocycles. The van der Waals surface area contributed by atoms with E-state index in [1.54, 1.807) is 0 Å². The van der Waals surface area contributed by atoms with Crippen LogP contribution in [0.25, 0.3) is 0 Å². The van der Waals surface area contributed by atoms with Gasteiger partial charge in [0.1, 0.15) is 0 Å². The fourth-order valence-corrected chi connectivity index (χ4v) is 3.46. The van der Waals surface area contributed by atoms with Gasteiger partial charge in [-0.3, -0.25) is 0 Å². The first-order valence-corrected chi connectivity index (χ1v) is 7.71. The van der Waals surface area contributed by atoms with Gasteiger partial charge in [0.05, 0.1) is 6.33 Å². The summed E-state index contributed by atoms with van der Waals surface area (Å²) in [5, 5.41) is 3.69. The van der Waals surface area contributed by atoms with Gasteiger partial charge >= 0.3 is 0 Å². The van der Waals surface area contributed by atoms with Gasteiger partial charge in [0.2, 0.25) is 0 Å². The smallest absolute Gasteiger partial charge is 0.0950 e. The zero-order valence-electron chi connectivity index (χ0n) is 11.7. The highest BCUT2D eigenvalue weighted by molar-refractivity contribution is 5.21. The molecule has 2 unspecified atom stereocenters. The SMILES string of the molecule is c1ccc(CC2NCCC2c2cncn2C2CC2)cc1. The second-order valence-corrected chi connectivity index (χ2v) is 6.10. The topological polar surface area (TPSA) is 29.9 Å². The highest BCUT2D eigenvalue weighted by Gasteiger charge is 2.34. The molecule has 0 spiro atoms. The Bertz CT molecular complexity index is 571. The van der Waals surface area contributed by atoms with E-state index in [1.807, 2.05) is 6.33 Å². The van der Waals surface area contributed by atoms with E-state index in [-0.39, 0.29) is 0 Å². The maximum atomic E-state index is 4.40. The molecule has 2 atom stereocenters. The minimum absolute atomic E-state index is 0.548. The van der Waals surface area contributed by atoms with Crippen molar-refractivity contribution in [2.24, 2.45) is 0 Å². The third kappa shape index (κ3) is 2.27. The molecule has 0 radical (unpaired) electrons. The molecule has 2 aromatic rings. The first kappa shape index (κ1) is 12.2. The van der Waals surface area contributed by atoms with Crippen LogP contribution in [0.5, 0.6) is 0 Å². The number of hydrogen-bond donors (Lipinski definition) is 1. The number of aromatic nitrogens is 2. The Labute approximate surface area is 120 Å². The van der Waals surface area contributed by atoms with Crippen LogP contribution in [0, 0.1) is 0 Å². The summed E-state index contributed by atoms with van der Waals surface area (Å²) in [4.78, 5) is 4.40. The van der Waals surface area contributed by atoms with E-state index in [2.05, 4.69) is 51.4 Å². The van der Waals surface area contributed by atoms with Crippen LogP contribution in [0.3, 0.4) is 0 Å². The van der Waals surface area contributed by atoms with Crippen LogP contribution in [-0.4, -0.2) is 22.1 Å². The largest absolute Gasteiger partial charge is 0.331 e. The summed E-state index contributed by atoms with van der Waals surface area (Å²) < 4.78 is 2.43. The van der Waals surface area contributed by atoms with Crippen molar-refractivity contribution < 1.29 is 0 Å². The molecule has 1 saturated heterocycles. The highest BCUT2D eigenvalue weighted by Crippen LogP contribution is 2.39. The lowest BCUT2D eigenvalue weighted by Gasteiger charge is -2.21. The molecular formula is C17H21N3. The predicted molar refractivity (Wildman–Crippen MR) is 79.8 cm³/mol. The van der Waals surface area contributed by atoms with Crippen LogP contribution in [0.1, 0.15) is 42.5 Å². The molecule has 1 N–H and O–H groups in total. The van der Waals surface area contributed by atoms with Crippen molar-refractivity contribution in [2.45, 2.75) is 43.7 Å². The van der Waals surface area contributed by atoms with Gasteiger partial charge in [-0.1, -0.05) is 30.3 Å². The average molecular weight is 267 g/mol. The molecule has 20 heavy (non-hydrogen) atoms. The van der Waals surface area contributed by atoms with E-state index in [9.17, 15) is 0 Å². The zero-order valence-corrected chi connectivity index (χ0v) is 11.7. The summed E-state index contributed by atoms with van der Waals surface area (Å²) in [6.45, 7) is 1.12. The van der Waals surface area contributed by atoms with Crippen LogP contribution in [0.4, 0.5) is 0 Å². The van der Waals surface area contributed by atoms with E-state index >= 15 is 0 Å². The van der Waals surface area contributed by atoms with Crippen LogP contribution in [0.15, 0.2) is 42.9 Å². The summed E-state index contributed by atoms with van der Waals surface area (Å²) in [5.41, 5.74) is 2.87. The lowest BCUT2D eigenvalue weighted by molar-refractivity contribution is 0.512. The normalized spacial score (nSPS) is 26.0. The average Bonchev–Trinajstić information content (AvgIpc) is 3.03. The van der Waals surface area contributed by atoms with Crippen LogP contribution in [0.2, 0.25) is 0 Å². The van der Waals surface area contributed by atoms with Gasteiger partial charge in [0.25, 0.3) is 0 Å². The third-order valence-electron chi connectivity index (χ3n) is 4.66. The van der Waals surface area contributed by atoms with Crippen molar-refractivity contribution in [3.8, 4) is 0 Å². The summed E-state index contributed by atoms with van der Waals surface area (Å²) in [7, 11) is 0. The second kappa shape index (κ2) is 5.06. The summed E-state index contributed by atoms with van der Waals surface area (Å²) in [6.07, 6.45) is 9.12. The number of hydrogen-bond acceptors (Lipinski definition) is 2. The standard InChI is InChI=1S/C17H21N3/c1-2-4-13(5-3-1)10-16-15(8-9-19-16)17-11-18-12-20(17)14-6-7-14/h1-5,11-12,14-16,19H,6-10H2. The van der Waals surface area contributed by atoms with E-state index in [0.29, 0.717) is 12.0 Å². The first-order chi connectivity index (χ1) is 9.92. The molecular weight excluding hydrogens is 246 g/mol. The Morgan fingerprint density at radius 2 is 2.00 bits per heavy atom. The van der Waals surface area contributed by atoms with Gasteiger partial charge in [-0.05, 0) is 37.8 Å². The van der Waals surface area contributed by atoms with Gasteiger partial charge in [0, 0.05) is 29.9 Å². The van der Waals surface area contributed by atoms with Crippen molar-refractivity contribution in [2.75, 3.05) is 6.54 Å². The number of imidazole rings is 1. The number of nitrogens with zero attached hydrogens (tertiary/aromatic N) is 2. The second-order valence-electron chi connectivity index (χ2n) is 6.10. The van der Waals surface area contributed by atoms with Gasteiger partial charge < -0.3 is 9.88 Å². The monoisotopic (exact) mass is 267 g/mol. The van der Waals surface area contributed by atoms with E-state index in [1.165, 1.54) is 30.5 Å². The van der Waals surface area contributed by atoms with Crippen LogP contribution >= 0.6 is 0 Å². The summed E-state index contributed by atoms with van der Waals surface area (Å²) in [5.74, 6) is 0.610. The van der Waals surface area contributed by atoms with Crippen molar-refractivity contribution in [1.82, 2.24) is 14.9 Å². The quantitative estimate of drug-likeness (QED) is 0.923. The maximum absolute atomic E-state index is 4.40. The van der Waals surface area contributed by atoms with Gasteiger partial charge in [0.15, 0.2) is 0 Å². The molecule has 3 nitrogen and oxygen atoms in total. The number of benzene rings is 1. The van der Waals surface area contributed by atoms with Gasteiger partial charge in [-0.15, -0.1) is 0 Å². The van der Waals surface area contributed by atoms with Crippen molar-refractivity contribution >= 4 is 0 Å². The lowest BCUT2D eigenvalue weighted by Crippen LogP contribution is -2.29. The molecule has 2 fully saturated rings. The molecule has 4 rings (SSSR count). The molecule has 2 heterocycles. The number of rotatable bonds is 4. The highest BCUT2D eigenvalue weighted by atomic mass is 15.1. The van der Waals surface area contributed by atoms with Crippen LogP contribution < -0.4 is 5.32 Å². The minimum Gasteiger partial charge on any atom is -0.331 e. The first-order valence-electron chi connectivity index (χ1n) is 7.71. The van der Waals surface area contributed by atoms with Crippen molar-refractivity contribution in [3.63, 3.8) is 0 Å².